The number of rotatable bonds is 6. The molecule has 4 nitrogen and oxygen atoms in total. The van der Waals surface area contributed by atoms with E-state index in [1.54, 1.807) is 0 Å². The van der Waals surface area contributed by atoms with Crippen LogP contribution in [0.3, 0.4) is 0 Å². The van der Waals surface area contributed by atoms with Crippen LogP contribution in [0.15, 0.2) is 5.16 Å². The molecular formula is C28H51N3O. The average molecular weight is 446 g/mol. The number of nitrogens with two attached hydrogens (primary N) is 2. The predicted octanol–water partition coefficient (Wildman–Crippen LogP) is 6.33. The van der Waals surface area contributed by atoms with Crippen molar-refractivity contribution < 1.29 is 4.84 Å². The molecule has 0 aliphatic heterocycles. The highest BCUT2D eigenvalue weighted by Crippen LogP contribution is 2.68. The minimum absolute atomic E-state index is 0.125. The lowest BCUT2D eigenvalue weighted by atomic mass is 9.44. The molecule has 0 radical (unpaired) electrons. The number of hydrogen-bond donors (Lipinski definition) is 2. The lowest BCUT2D eigenvalue weighted by Gasteiger charge is -2.61. The van der Waals surface area contributed by atoms with Crippen LogP contribution in [0, 0.1) is 51.8 Å². The van der Waals surface area contributed by atoms with Crippen LogP contribution < -0.4 is 11.5 Å². The molecule has 9 atom stereocenters. The summed E-state index contributed by atoms with van der Waals surface area (Å²) in [5, 5.41) is 3.92. The molecule has 4 rings (SSSR count). The Kier molecular flexibility index (Phi) is 6.68. The molecule has 0 saturated heterocycles. The van der Waals surface area contributed by atoms with Crippen molar-refractivity contribution in [2.24, 2.45) is 68.4 Å². The predicted molar refractivity (Wildman–Crippen MR) is 134 cm³/mol. The first-order chi connectivity index (χ1) is 15.0. The van der Waals surface area contributed by atoms with Gasteiger partial charge in [0.05, 0.1) is 6.04 Å². The van der Waals surface area contributed by atoms with Crippen molar-refractivity contribution in [3.05, 3.63) is 0 Å². The van der Waals surface area contributed by atoms with Gasteiger partial charge < -0.3 is 16.3 Å². The first-order valence-electron chi connectivity index (χ1n) is 13.7. The first-order valence-corrected chi connectivity index (χ1v) is 13.7. The fraction of sp³-hybridized carbons (Fsp3) is 0.964. The van der Waals surface area contributed by atoms with E-state index in [1.165, 1.54) is 77.7 Å². The minimum Gasteiger partial charge on any atom is -0.398 e. The van der Waals surface area contributed by atoms with Gasteiger partial charge in [0.1, 0.15) is 7.11 Å². The molecule has 0 aromatic carbocycles. The summed E-state index contributed by atoms with van der Waals surface area (Å²) in [6.45, 7) is 12.4. The van der Waals surface area contributed by atoms with Gasteiger partial charge >= 0.3 is 0 Å². The summed E-state index contributed by atoms with van der Waals surface area (Å²) in [6, 6.07) is -0.257. The van der Waals surface area contributed by atoms with E-state index < -0.39 is 0 Å². The Labute approximate surface area is 197 Å². The maximum absolute atomic E-state index is 6.50. The van der Waals surface area contributed by atoms with Crippen molar-refractivity contribution >= 4 is 5.84 Å². The smallest absolute Gasteiger partial charge is 0.156 e. The van der Waals surface area contributed by atoms with Crippen molar-refractivity contribution in [2.45, 2.75) is 111 Å². The number of hydrogen-bond acceptors (Lipinski definition) is 3. The van der Waals surface area contributed by atoms with Gasteiger partial charge in [0.15, 0.2) is 5.84 Å². The van der Waals surface area contributed by atoms with Crippen molar-refractivity contribution in [3.8, 4) is 0 Å². The summed E-state index contributed by atoms with van der Waals surface area (Å²) in [5.41, 5.74) is 13.9. The zero-order valence-corrected chi connectivity index (χ0v) is 21.8. The van der Waals surface area contributed by atoms with E-state index in [0.29, 0.717) is 16.7 Å². The molecule has 4 aliphatic rings. The van der Waals surface area contributed by atoms with E-state index in [4.69, 9.17) is 16.3 Å². The summed E-state index contributed by atoms with van der Waals surface area (Å²) in [7, 11) is 1.53. The lowest BCUT2D eigenvalue weighted by molar-refractivity contribution is -0.113. The first kappa shape index (κ1) is 24.4. The van der Waals surface area contributed by atoms with Gasteiger partial charge in [0.2, 0.25) is 0 Å². The van der Waals surface area contributed by atoms with Crippen LogP contribution in [0.25, 0.3) is 0 Å². The normalized spacial score (nSPS) is 44.2. The molecule has 4 heteroatoms. The van der Waals surface area contributed by atoms with Gasteiger partial charge in [-0.05, 0) is 110 Å². The van der Waals surface area contributed by atoms with Crippen molar-refractivity contribution in [1.82, 2.24) is 0 Å². The second kappa shape index (κ2) is 8.78. The molecule has 0 bridgehead atoms. The zero-order chi connectivity index (χ0) is 23.3. The number of nitrogens with zero attached hydrogens (tertiary/aromatic N) is 1. The Morgan fingerprint density at radius 1 is 1.00 bits per heavy atom. The Balaban J connectivity index is 1.48. The maximum Gasteiger partial charge on any atom is 0.156 e. The molecule has 4 aliphatic carbocycles. The third-order valence-corrected chi connectivity index (χ3v) is 11.9. The fourth-order valence-corrected chi connectivity index (χ4v) is 9.47. The summed E-state index contributed by atoms with van der Waals surface area (Å²) < 4.78 is 0. The molecule has 9 unspecified atom stereocenters. The van der Waals surface area contributed by atoms with E-state index in [-0.39, 0.29) is 17.4 Å². The molecule has 0 aromatic rings. The van der Waals surface area contributed by atoms with Crippen molar-refractivity contribution in [1.29, 1.82) is 0 Å². The highest BCUT2D eigenvalue weighted by Gasteiger charge is 2.60. The molecule has 4 saturated carbocycles. The molecule has 184 valence electrons. The summed E-state index contributed by atoms with van der Waals surface area (Å²) in [6.07, 6.45) is 16.0. The summed E-state index contributed by atoms with van der Waals surface area (Å²) >= 11 is 0. The van der Waals surface area contributed by atoms with Crippen LogP contribution in [0.5, 0.6) is 0 Å². The van der Waals surface area contributed by atoms with Gasteiger partial charge in [-0.15, -0.1) is 0 Å². The van der Waals surface area contributed by atoms with Crippen LogP contribution in [0.1, 0.15) is 105 Å². The van der Waals surface area contributed by atoms with Gasteiger partial charge in [0.25, 0.3) is 0 Å². The number of fused-ring (bicyclic) bond motifs is 5. The van der Waals surface area contributed by atoms with Gasteiger partial charge in [-0.25, -0.2) is 0 Å². The van der Waals surface area contributed by atoms with Crippen LogP contribution in [0.2, 0.25) is 0 Å². The van der Waals surface area contributed by atoms with E-state index in [2.05, 4.69) is 39.8 Å². The van der Waals surface area contributed by atoms with Crippen LogP contribution in [-0.4, -0.2) is 19.0 Å². The Morgan fingerprint density at radius 3 is 2.44 bits per heavy atom. The second-order valence-corrected chi connectivity index (χ2v) is 13.4. The summed E-state index contributed by atoms with van der Waals surface area (Å²) in [4.78, 5) is 4.89. The van der Waals surface area contributed by atoms with E-state index in [1.807, 2.05) is 0 Å². The highest BCUT2D eigenvalue weighted by atomic mass is 16.6. The summed E-state index contributed by atoms with van der Waals surface area (Å²) in [5.74, 6) is 5.40. The molecule has 0 aromatic heterocycles. The molecule has 0 spiro atoms. The van der Waals surface area contributed by atoms with E-state index in [9.17, 15) is 0 Å². The monoisotopic (exact) mass is 445 g/mol. The Bertz CT molecular complexity index is 705. The Hall–Kier alpha value is -0.770. The van der Waals surface area contributed by atoms with Crippen LogP contribution >= 0.6 is 0 Å². The number of amidine groups is 1. The largest absolute Gasteiger partial charge is 0.398 e. The van der Waals surface area contributed by atoms with Crippen molar-refractivity contribution in [2.75, 3.05) is 7.11 Å². The minimum atomic E-state index is -0.257. The standard InChI is InChI=1S/C28H51N3O/c1-18(24(29)25(30)31-32-6)26(2,3)17-20-11-13-22-21-12-10-19-9-7-8-15-27(19,4)23(21)14-16-28(20,22)5/h18-24H,7-17,29H2,1-6H3,(H2,30,31). The zero-order valence-electron chi connectivity index (χ0n) is 21.8. The van der Waals surface area contributed by atoms with Crippen molar-refractivity contribution in [3.63, 3.8) is 0 Å². The molecule has 0 amide bonds. The topological polar surface area (TPSA) is 73.6 Å². The quantitative estimate of drug-likeness (QED) is 0.285. The third-order valence-electron chi connectivity index (χ3n) is 11.9. The average Bonchev–Trinajstić information content (AvgIpc) is 3.08. The molecule has 0 heterocycles. The van der Waals surface area contributed by atoms with Gasteiger partial charge in [-0.2, -0.15) is 0 Å². The van der Waals surface area contributed by atoms with E-state index in [0.717, 1.165) is 29.6 Å². The fourth-order valence-electron chi connectivity index (χ4n) is 9.47. The maximum atomic E-state index is 6.50. The van der Waals surface area contributed by atoms with Crippen LogP contribution in [0.4, 0.5) is 0 Å². The molecule has 32 heavy (non-hydrogen) atoms. The van der Waals surface area contributed by atoms with Gasteiger partial charge in [-0.1, -0.05) is 52.6 Å². The molecular weight excluding hydrogens is 394 g/mol. The third kappa shape index (κ3) is 3.91. The highest BCUT2D eigenvalue weighted by molar-refractivity contribution is 5.85. The second-order valence-electron chi connectivity index (χ2n) is 13.4. The van der Waals surface area contributed by atoms with Gasteiger partial charge in [0, 0.05) is 0 Å². The van der Waals surface area contributed by atoms with Gasteiger partial charge in [-0.3, -0.25) is 0 Å². The van der Waals surface area contributed by atoms with Crippen LogP contribution in [-0.2, 0) is 4.84 Å². The number of oxime groups is 1. The Morgan fingerprint density at radius 2 is 1.72 bits per heavy atom. The lowest BCUT2D eigenvalue weighted by Crippen LogP contribution is -2.53. The van der Waals surface area contributed by atoms with E-state index >= 15 is 0 Å². The molecule has 4 N–H and O–H groups in total. The molecule has 4 fully saturated rings. The SMILES string of the molecule is CO/N=C(\N)C(N)C(C)C(C)(C)CC1CCC2C3CCC4CCCCC4(C)C3CCC12C.